The van der Waals surface area contributed by atoms with E-state index in [1.165, 1.54) is 0 Å². The van der Waals surface area contributed by atoms with Crippen LogP contribution >= 0.6 is 0 Å². The minimum Gasteiger partial charge on any atom is -0.497 e. The fourth-order valence-electron chi connectivity index (χ4n) is 3.30. The molecule has 0 N–H and O–H groups in total. The largest absolute Gasteiger partial charge is 0.497 e. The van der Waals surface area contributed by atoms with Gasteiger partial charge in [0, 0.05) is 31.0 Å². The van der Waals surface area contributed by atoms with Crippen molar-refractivity contribution < 1.29 is 23.7 Å². The van der Waals surface area contributed by atoms with Gasteiger partial charge in [0.2, 0.25) is 5.78 Å². The maximum Gasteiger partial charge on any atom is 0.209 e. The van der Waals surface area contributed by atoms with E-state index in [4.69, 9.17) is 18.9 Å². The van der Waals surface area contributed by atoms with Gasteiger partial charge in [0.05, 0.1) is 19.9 Å². The van der Waals surface area contributed by atoms with E-state index in [1.807, 2.05) is 54.1 Å². The Morgan fingerprint density at radius 1 is 1.03 bits per heavy atom. The number of aromatic nitrogens is 1. The maximum absolute atomic E-state index is 13.0. The number of carbonyl (C=O) groups excluding carboxylic acids is 1. The molecule has 0 spiro atoms. The number of hydrogen-bond donors (Lipinski definition) is 0. The predicted molar refractivity (Wildman–Crippen MR) is 120 cm³/mol. The van der Waals surface area contributed by atoms with Gasteiger partial charge in [-0.05, 0) is 48.9 Å². The third kappa shape index (κ3) is 5.35. The number of rotatable bonds is 10. The Morgan fingerprint density at radius 2 is 1.81 bits per heavy atom. The molecule has 6 heteroatoms. The first-order valence-corrected chi connectivity index (χ1v) is 9.88. The number of aryl methyl sites for hydroxylation is 1. The summed E-state index contributed by atoms with van der Waals surface area (Å²) in [5.41, 5.74) is 3.16. The second kappa shape index (κ2) is 10.5. The minimum atomic E-state index is -0.0308. The number of ether oxygens (including phenoxy) is 4. The van der Waals surface area contributed by atoms with Gasteiger partial charge in [0.1, 0.15) is 5.75 Å². The van der Waals surface area contributed by atoms with Crippen LogP contribution in [0.15, 0.2) is 60.8 Å². The number of carbonyl (C=O) groups is 1. The lowest BCUT2D eigenvalue weighted by Gasteiger charge is -2.12. The molecule has 0 unspecified atom stereocenters. The molecule has 0 saturated carbocycles. The van der Waals surface area contributed by atoms with Gasteiger partial charge in [-0.25, -0.2) is 0 Å². The quantitative estimate of drug-likeness (QED) is 0.350. The van der Waals surface area contributed by atoms with Crippen molar-refractivity contribution in [2.75, 3.05) is 28.1 Å². The van der Waals surface area contributed by atoms with Crippen molar-refractivity contribution in [2.24, 2.45) is 0 Å². The van der Waals surface area contributed by atoms with Gasteiger partial charge in [-0.2, -0.15) is 0 Å². The van der Waals surface area contributed by atoms with Crippen molar-refractivity contribution >= 4 is 11.9 Å². The van der Waals surface area contributed by atoms with E-state index in [0.29, 0.717) is 29.3 Å². The predicted octanol–water partition coefficient (Wildman–Crippen LogP) is 4.74. The molecule has 3 rings (SSSR count). The lowest BCUT2D eigenvalue weighted by atomic mass is 10.1. The van der Waals surface area contributed by atoms with E-state index in [2.05, 4.69) is 0 Å². The summed E-state index contributed by atoms with van der Waals surface area (Å²) in [6.45, 7) is 2.66. The lowest BCUT2D eigenvalue weighted by Crippen LogP contribution is -2.09. The van der Waals surface area contributed by atoms with Gasteiger partial charge in [-0.15, -0.1) is 0 Å². The normalized spacial score (nSPS) is 11.0. The van der Waals surface area contributed by atoms with Gasteiger partial charge in [0.25, 0.3) is 0 Å². The molecule has 0 amide bonds. The number of hydrogen-bond acceptors (Lipinski definition) is 5. The summed E-state index contributed by atoms with van der Waals surface area (Å²) in [6.07, 6.45) is 5.91. The van der Waals surface area contributed by atoms with E-state index >= 15 is 0 Å². The molecule has 0 aliphatic heterocycles. The molecule has 2 aromatic carbocycles. The molecular weight excluding hydrogens is 394 g/mol. The Hall–Kier alpha value is -3.51. The zero-order chi connectivity index (χ0) is 22.2. The van der Waals surface area contributed by atoms with Gasteiger partial charge < -0.3 is 23.5 Å². The van der Waals surface area contributed by atoms with Crippen LogP contribution in [0, 0.1) is 6.92 Å². The molecule has 6 nitrogen and oxygen atoms in total. The van der Waals surface area contributed by atoms with Crippen LogP contribution in [0.3, 0.4) is 0 Å². The van der Waals surface area contributed by atoms with Crippen molar-refractivity contribution in [3.8, 4) is 17.2 Å². The smallest absolute Gasteiger partial charge is 0.209 e. The van der Waals surface area contributed by atoms with Crippen LogP contribution in [-0.4, -0.2) is 38.5 Å². The first kappa shape index (κ1) is 22.2. The van der Waals surface area contributed by atoms with E-state index < -0.39 is 0 Å². The third-order valence-corrected chi connectivity index (χ3v) is 4.76. The Kier molecular flexibility index (Phi) is 7.51. The molecule has 0 saturated heterocycles. The molecule has 1 heterocycles. The summed E-state index contributed by atoms with van der Waals surface area (Å²) in [5.74, 6) is 1.93. The fourth-order valence-corrected chi connectivity index (χ4v) is 3.30. The van der Waals surface area contributed by atoms with Gasteiger partial charge in [-0.3, -0.25) is 4.79 Å². The summed E-state index contributed by atoms with van der Waals surface area (Å²) < 4.78 is 23.2. The molecule has 162 valence electrons. The fraction of sp³-hybridized carbons (Fsp3) is 0.240. The third-order valence-electron chi connectivity index (χ3n) is 4.76. The number of nitrogens with zero attached hydrogens (tertiary/aromatic N) is 1. The van der Waals surface area contributed by atoms with Crippen molar-refractivity contribution in [3.63, 3.8) is 0 Å². The van der Waals surface area contributed by atoms with Gasteiger partial charge >= 0.3 is 0 Å². The molecule has 31 heavy (non-hydrogen) atoms. The summed E-state index contributed by atoms with van der Waals surface area (Å²) in [7, 11) is 4.78. The second-order valence-corrected chi connectivity index (χ2v) is 6.94. The summed E-state index contributed by atoms with van der Waals surface area (Å²) in [6, 6.07) is 14.7. The molecule has 0 aliphatic carbocycles. The molecule has 0 radical (unpaired) electrons. The van der Waals surface area contributed by atoms with Crippen molar-refractivity contribution in [3.05, 3.63) is 83.2 Å². The molecule has 0 bridgehead atoms. The van der Waals surface area contributed by atoms with Gasteiger partial charge in [0.15, 0.2) is 18.3 Å². The molecule has 0 atom stereocenters. The van der Waals surface area contributed by atoms with Crippen LogP contribution in [0.25, 0.3) is 6.08 Å². The molecule has 0 aliphatic rings. The first-order valence-electron chi connectivity index (χ1n) is 9.88. The molecule has 3 aromatic rings. The number of methoxy groups -OCH3 is 3. The standard InChI is InChI=1S/C25H27NO5/c1-18-15-22(24(27)19-10-12-21(29-3)13-11-19)26(16-18)14-6-8-20-7-5-9-23(25(20)30-4)31-17-28-2/h5-13,15-16H,14,17H2,1-4H3/b8-6+. The van der Waals surface area contributed by atoms with Crippen LogP contribution in [0.5, 0.6) is 17.2 Å². The Balaban J connectivity index is 1.80. The lowest BCUT2D eigenvalue weighted by molar-refractivity contribution is 0.0491. The van der Waals surface area contributed by atoms with E-state index in [9.17, 15) is 4.79 Å². The average Bonchev–Trinajstić information content (AvgIpc) is 3.17. The van der Waals surface area contributed by atoms with E-state index in [-0.39, 0.29) is 12.6 Å². The van der Waals surface area contributed by atoms with E-state index in [0.717, 1.165) is 16.9 Å². The zero-order valence-electron chi connectivity index (χ0n) is 18.3. The van der Waals surface area contributed by atoms with Gasteiger partial charge in [-0.1, -0.05) is 24.3 Å². The highest BCUT2D eigenvalue weighted by Gasteiger charge is 2.15. The summed E-state index contributed by atoms with van der Waals surface area (Å²) in [5, 5.41) is 0. The highest BCUT2D eigenvalue weighted by molar-refractivity contribution is 6.08. The van der Waals surface area contributed by atoms with Crippen LogP contribution in [0.1, 0.15) is 27.2 Å². The highest BCUT2D eigenvalue weighted by Crippen LogP contribution is 2.32. The summed E-state index contributed by atoms with van der Waals surface area (Å²) in [4.78, 5) is 13.0. The Labute approximate surface area is 182 Å². The number of benzene rings is 2. The Morgan fingerprint density at radius 3 is 2.48 bits per heavy atom. The maximum atomic E-state index is 13.0. The summed E-state index contributed by atoms with van der Waals surface area (Å²) >= 11 is 0. The Bertz CT molecular complexity index is 1050. The number of para-hydroxylation sites is 1. The van der Waals surface area contributed by atoms with Crippen LogP contribution in [0.4, 0.5) is 0 Å². The number of ketones is 1. The van der Waals surface area contributed by atoms with Crippen molar-refractivity contribution in [1.82, 2.24) is 4.57 Å². The molecular formula is C25H27NO5. The van der Waals surface area contributed by atoms with Crippen molar-refractivity contribution in [1.29, 1.82) is 0 Å². The average molecular weight is 421 g/mol. The van der Waals surface area contributed by atoms with Crippen LogP contribution in [-0.2, 0) is 11.3 Å². The number of allylic oxidation sites excluding steroid dienone is 1. The highest BCUT2D eigenvalue weighted by atomic mass is 16.7. The minimum absolute atomic E-state index is 0.0308. The van der Waals surface area contributed by atoms with E-state index in [1.54, 1.807) is 45.6 Å². The second-order valence-electron chi connectivity index (χ2n) is 6.94. The SMILES string of the molecule is COCOc1cccc(/C=C/Cn2cc(C)cc2C(=O)c2ccc(OC)cc2)c1OC. The topological polar surface area (TPSA) is 58.9 Å². The monoisotopic (exact) mass is 421 g/mol. The van der Waals surface area contributed by atoms with Crippen LogP contribution in [0.2, 0.25) is 0 Å². The van der Waals surface area contributed by atoms with Crippen molar-refractivity contribution in [2.45, 2.75) is 13.5 Å². The first-order chi connectivity index (χ1) is 15.1. The van der Waals surface area contributed by atoms with Crippen LogP contribution < -0.4 is 14.2 Å². The zero-order valence-corrected chi connectivity index (χ0v) is 18.3. The molecule has 0 fully saturated rings. The molecule has 1 aromatic heterocycles.